The van der Waals surface area contributed by atoms with Crippen molar-refractivity contribution in [2.24, 2.45) is 12.1 Å². The summed E-state index contributed by atoms with van der Waals surface area (Å²) in [7, 11) is 1.99. The van der Waals surface area contributed by atoms with Gasteiger partial charge in [-0.15, -0.1) is 0 Å². The number of aromatic nitrogens is 1. The maximum atomic E-state index is 13.6. The van der Waals surface area contributed by atoms with Gasteiger partial charge in [0.2, 0.25) is 0 Å². The predicted molar refractivity (Wildman–Crippen MR) is 128 cm³/mol. The number of esters is 1. The van der Waals surface area contributed by atoms with Crippen LogP contribution in [0, 0.1) is 13.8 Å². The summed E-state index contributed by atoms with van der Waals surface area (Å²) in [5.41, 5.74) is 5.46. The van der Waals surface area contributed by atoms with E-state index in [2.05, 4.69) is 32.0 Å². The molecule has 1 aromatic carbocycles. The van der Waals surface area contributed by atoms with Crippen molar-refractivity contribution < 1.29 is 14.3 Å². The Kier molecular flexibility index (Phi) is 6.98. The molecule has 0 spiro atoms. The standard InChI is InChI=1S/C26H34N4O3/c1-5-33-26(32)23-9-6-7-14-29(23)17-25(31)30-24(22-10-8-13-28(22)4)16-21(27-30)20-12-11-18(2)19(3)15-20/h8,10-13,15,23-24H,5-7,9,14,16-17H2,1-4H3/t23-,24-/m1/s1. The number of hydrazone groups is 1. The largest absolute Gasteiger partial charge is 0.465 e. The van der Waals surface area contributed by atoms with Gasteiger partial charge in [0.05, 0.1) is 18.9 Å². The highest BCUT2D eigenvalue weighted by Crippen LogP contribution is 2.33. The van der Waals surface area contributed by atoms with Gasteiger partial charge < -0.3 is 9.30 Å². The Labute approximate surface area is 196 Å². The van der Waals surface area contributed by atoms with Gasteiger partial charge in [-0.25, -0.2) is 5.01 Å². The number of carbonyl (C=O) groups excluding carboxylic acids is 2. The van der Waals surface area contributed by atoms with Gasteiger partial charge in [-0.1, -0.05) is 18.6 Å². The molecule has 0 bridgehead atoms. The average Bonchev–Trinajstić information content (AvgIpc) is 3.42. The van der Waals surface area contributed by atoms with E-state index >= 15 is 0 Å². The zero-order chi connectivity index (χ0) is 23.5. The number of hydrogen-bond acceptors (Lipinski definition) is 5. The van der Waals surface area contributed by atoms with Gasteiger partial charge in [-0.05, 0) is 75.0 Å². The van der Waals surface area contributed by atoms with Crippen molar-refractivity contribution in [2.75, 3.05) is 19.7 Å². The summed E-state index contributed by atoms with van der Waals surface area (Å²) in [6.45, 7) is 7.23. The number of hydrogen-bond donors (Lipinski definition) is 0. The lowest BCUT2D eigenvalue weighted by Gasteiger charge is -2.34. The molecule has 176 valence electrons. The minimum atomic E-state index is -0.359. The van der Waals surface area contributed by atoms with Gasteiger partial charge in [0, 0.05) is 25.4 Å². The van der Waals surface area contributed by atoms with Crippen LogP contribution in [0.5, 0.6) is 0 Å². The van der Waals surface area contributed by atoms with Crippen LogP contribution >= 0.6 is 0 Å². The Morgan fingerprint density at radius 2 is 1.97 bits per heavy atom. The highest BCUT2D eigenvalue weighted by Gasteiger charge is 2.37. The summed E-state index contributed by atoms with van der Waals surface area (Å²) in [6, 6.07) is 9.85. The molecule has 2 atom stereocenters. The van der Waals surface area contributed by atoms with Crippen LogP contribution < -0.4 is 0 Å². The molecule has 1 fully saturated rings. The quantitative estimate of drug-likeness (QED) is 0.629. The Bertz CT molecular complexity index is 1060. The molecule has 2 aromatic rings. The van der Waals surface area contributed by atoms with Crippen molar-refractivity contribution in [3.8, 4) is 0 Å². The van der Waals surface area contributed by atoms with Gasteiger partial charge in [0.15, 0.2) is 0 Å². The van der Waals surface area contributed by atoms with Crippen molar-refractivity contribution >= 4 is 17.6 Å². The lowest BCUT2D eigenvalue weighted by molar-refractivity contribution is -0.152. The molecule has 4 rings (SSSR count). The summed E-state index contributed by atoms with van der Waals surface area (Å²) in [5, 5.41) is 6.46. The van der Waals surface area contributed by atoms with Crippen LogP contribution in [-0.4, -0.2) is 57.8 Å². The smallest absolute Gasteiger partial charge is 0.323 e. The Morgan fingerprint density at radius 3 is 2.67 bits per heavy atom. The fraction of sp³-hybridized carbons (Fsp3) is 0.500. The molecule has 1 saturated heterocycles. The van der Waals surface area contributed by atoms with Gasteiger partial charge in [-0.3, -0.25) is 14.5 Å². The lowest BCUT2D eigenvalue weighted by atomic mass is 9.98. The maximum Gasteiger partial charge on any atom is 0.323 e. The van der Waals surface area contributed by atoms with Crippen LogP contribution in [-0.2, 0) is 21.4 Å². The van der Waals surface area contributed by atoms with Gasteiger partial charge in [0.25, 0.3) is 5.91 Å². The number of aryl methyl sites for hydroxylation is 3. The van der Waals surface area contributed by atoms with Crippen LogP contribution in [0.2, 0.25) is 0 Å². The topological polar surface area (TPSA) is 67.1 Å². The van der Waals surface area contributed by atoms with Crippen molar-refractivity contribution in [2.45, 2.75) is 58.5 Å². The second-order valence-corrected chi connectivity index (χ2v) is 9.08. The Balaban J connectivity index is 1.60. The molecule has 0 aliphatic carbocycles. The van der Waals surface area contributed by atoms with E-state index in [4.69, 9.17) is 9.84 Å². The van der Waals surface area contributed by atoms with Crippen LogP contribution in [0.25, 0.3) is 0 Å². The summed E-state index contributed by atoms with van der Waals surface area (Å²) in [6.07, 6.45) is 5.33. The summed E-state index contributed by atoms with van der Waals surface area (Å²) in [5.74, 6) is -0.319. The van der Waals surface area contributed by atoms with Gasteiger partial charge in [-0.2, -0.15) is 5.10 Å². The molecule has 2 aliphatic rings. The van der Waals surface area contributed by atoms with E-state index in [9.17, 15) is 9.59 Å². The fourth-order valence-electron chi connectivity index (χ4n) is 4.82. The minimum absolute atomic E-state index is 0.0868. The summed E-state index contributed by atoms with van der Waals surface area (Å²) >= 11 is 0. The Hall–Kier alpha value is -2.93. The molecular formula is C26H34N4O3. The van der Waals surface area contributed by atoms with E-state index in [1.165, 1.54) is 11.1 Å². The molecule has 7 nitrogen and oxygen atoms in total. The SMILES string of the molecule is CCOC(=O)[C@H]1CCCCN1CC(=O)N1N=C(c2ccc(C)c(C)c2)C[C@@H]1c1cccn1C. The van der Waals surface area contributed by atoms with E-state index in [0.29, 0.717) is 19.6 Å². The summed E-state index contributed by atoms with van der Waals surface area (Å²) < 4.78 is 7.32. The molecule has 0 N–H and O–H groups in total. The average molecular weight is 451 g/mol. The van der Waals surface area contributed by atoms with Crippen LogP contribution in [0.4, 0.5) is 0 Å². The van der Waals surface area contributed by atoms with Crippen LogP contribution in [0.1, 0.15) is 61.0 Å². The van der Waals surface area contributed by atoms with E-state index in [1.807, 2.05) is 41.8 Å². The minimum Gasteiger partial charge on any atom is -0.465 e. The van der Waals surface area contributed by atoms with Crippen LogP contribution in [0.15, 0.2) is 41.6 Å². The number of benzene rings is 1. The van der Waals surface area contributed by atoms with Crippen molar-refractivity contribution in [1.82, 2.24) is 14.5 Å². The second kappa shape index (κ2) is 9.91. The highest BCUT2D eigenvalue weighted by atomic mass is 16.5. The van der Waals surface area contributed by atoms with E-state index in [0.717, 1.165) is 36.2 Å². The zero-order valence-corrected chi connectivity index (χ0v) is 20.1. The van der Waals surface area contributed by atoms with Gasteiger partial charge in [0.1, 0.15) is 12.1 Å². The number of rotatable bonds is 6. The number of likely N-dealkylation sites (tertiary alicyclic amines) is 1. The molecule has 1 amide bonds. The third kappa shape index (κ3) is 4.88. The van der Waals surface area contributed by atoms with E-state index < -0.39 is 0 Å². The molecule has 3 heterocycles. The normalized spacial score (nSPS) is 21.2. The van der Waals surface area contributed by atoms with E-state index in [-0.39, 0.29) is 30.5 Å². The first kappa shape index (κ1) is 23.2. The number of nitrogens with zero attached hydrogens (tertiary/aromatic N) is 4. The third-order valence-electron chi connectivity index (χ3n) is 6.84. The second-order valence-electron chi connectivity index (χ2n) is 9.08. The highest BCUT2D eigenvalue weighted by molar-refractivity contribution is 6.03. The van der Waals surface area contributed by atoms with Crippen molar-refractivity contribution in [1.29, 1.82) is 0 Å². The number of carbonyl (C=O) groups is 2. The van der Waals surface area contributed by atoms with Crippen molar-refractivity contribution in [3.63, 3.8) is 0 Å². The first-order valence-corrected chi connectivity index (χ1v) is 11.9. The van der Waals surface area contributed by atoms with Gasteiger partial charge >= 0.3 is 5.97 Å². The molecular weight excluding hydrogens is 416 g/mol. The fourth-order valence-corrected chi connectivity index (χ4v) is 4.82. The number of piperidine rings is 1. The monoisotopic (exact) mass is 450 g/mol. The molecule has 0 saturated carbocycles. The predicted octanol–water partition coefficient (Wildman–Crippen LogP) is 3.74. The Morgan fingerprint density at radius 1 is 1.15 bits per heavy atom. The van der Waals surface area contributed by atoms with Crippen molar-refractivity contribution in [3.05, 3.63) is 58.9 Å². The number of ether oxygens (including phenoxy) is 1. The first-order valence-electron chi connectivity index (χ1n) is 11.9. The molecule has 1 aromatic heterocycles. The molecule has 33 heavy (non-hydrogen) atoms. The van der Waals surface area contributed by atoms with Crippen LogP contribution in [0.3, 0.4) is 0 Å². The molecule has 7 heteroatoms. The zero-order valence-electron chi connectivity index (χ0n) is 20.1. The molecule has 0 radical (unpaired) electrons. The molecule has 2 aliphatic heterocycles. The van der Waals surface area contributed by atoms with E-state index in [1.54, 1.807) is 5.01 Å². The third-order valence-corrected chi connectivity index (χ3v) is 6.84. The number of amides is 1. The summed E-state index contributed by atoms with van der Waals surface area (Å²) in [4.78, 5) is 28.0. The lowest BCUT2D eigenvalue weighted by Crippen LogP contribution is -2.49. The first-order chi connectivity index (χ1) is 15.9. The maximum absolute atomic E-state index is 13.6. The molecule has 0 unspecified atom stereocenters.